The van der Waals surface area contributed by atoms with Gasteiger partial charge < -0.3 is 9.84 Å². The van der Waals surface area contributed by atoms with Crippen LogP contribution >= 0.6 is 0 Å². The van der Waals surface area contributed by atoms with Crippen molar-refractivity contribution >= 4 is 0 Å². The highest BCUT2D eigenvalue weighted by molar-refractivity contribution is 5.28. The number of aromatic nitrogens is 1. The van der Waals surface area contributed by atoms with E-state index in [9.17, 15) is 5.11 Å². The minimum Gasteiger partial charge on any atom is -0.477 e. The second kappa shape index (κ2) is 5.91. The Labute approximate surface area is 116 Å². The maximum Gasteiger partial charge on any atom is 0.213 e. The zero-order chi connectivity index (χ0) is 13.9. The molecule has 1 aliphatic carbocycles. The van der Waals surface area contributed by atoms with Crippen LogP contribution in [-0.4, -0.2) is 16.7 Å². The minimum atomic E-state index is -0.0311. The zero-order valence-corrected chi connectivity index (χ0v) is 12.3. The van der Waals surface area contributed by atoms with E-state index in [4.69, 9.17) is 4.74 Å². The first-order valence-electron chi connectivity index (χ1n) is 7.24. The Balaban J connectivity index is 2.10. The molecule has 0 bridgehead atoms. The zero-order valence-electron chi connectivity index (χ0n) is 12.3. The third-order valence-electron chi connectivity index (χ3n) is 3.75. The highest BCUT2D eigenvalue weighted by Crippen LogP contribution is 2.27. The lowest BCUT2D eigenvalue weighted by atomic mass is 9.91. The number of ether oxygens (including phenoxy) is 1. The number of rotatable bonds is 4. The Morgan fingerprint density at radius 1 is 1.26 bits per heavy atom. The van der Waals surface area contributed by atoms with Crippen LogP contribution in [0, 0.1) is 5.92 Å². The van der Waals surface area contributed by atoms with Crippen molar-refractivity contribution in [3.05, 3.63) is 23.4 Å². The number of aliphatic hydroxyl groups is 1. The van der Waals surface area contributed by atoms with Gasteiger partial charge in [0.25, 0.3) is 0 Å². The van der Waals surface area contributed by atoms with Crippen molar-refractivity contribution in [1.29, 1.82) is 0 Å². The van der Waals surface area contributed by atoms with Crippen molar-refractivity contribution in [2.75, 3.05) is 6.61 Å². The van der Waals surface area contributed by atoms with E-state index in [1.54, 1.807) is 0 Å². The Hall–Kier alpha value is -1.09. The lowest BCUT2D eigenvalue weighted by Gasteiger charge is -2.20. The van der Waals surface area contributed by atoms with Gasteiger partial charge in [-0.2, -0.15) is 0 Å². The fourth-order valence-electron chi connectivity index (χ4n) is 2.49. The van der Waals surface area contributed by atoms with E-state index < -0.39 is 0 Å². The highest BCUT2D eigenvalue weighted by atomic mass is 16.5. The van der Waals surface area contributed by atoms with Crippen molar-refractivity contribution < 1.29 is 9.84 Å². The quantitative estimate of drug-likeness (QED) is 0.904. The standard InChI is InChI=1S/C16H25NO2/c1-16(2,3)14-8-13(10-18)9-15(17-14)19-11-12-6-4-5-7-12/h8-9,12,18H,4-7,10-11H2,1-3H3. The summed E-state index contributed by atoms with van der Waals surface area (Å²) in [4.78, 5) is 4.58. The van der Waals surface area contributed by atoms with Crippen LogP contribution in [0.2, 0.25) is 0 Å². The second-order valence-electron chi connectivity index (χ2n) is 6.57. The van der Waals surface area contributed by atoms with Gasteiger partial charge in [-0.25, -0.2) is 4.98 Å². The first kappa shape index (κ1) is 14.3. The van der Waals surface area contributed by atoms with Crippen LogP contribution in [0.25, 0.3) is 0 Å². The lowest BCUT2D eigenvalue weighted by molar-refractivity contribution is 0.239. The van der Waals surface area contributed by atoms with Gasteiger partial charge in [0.1, 0.15) is 0 Å². The van der Waals surface area contributed by atoms with Crippen LogP contribution in [0.1, 0.15) is 57.7 Å². The number of hydrogen-bond acceptors (Lipinski definition) is 3. The van der Waals surface area contributed by atoms with Crippen LogP contribution in [0.4, 0.5) is 0 Å². The largest absolute Gasteiger partial charge is 0.477 e. The molecule has 0 unspecified atom stereocenters. The molecule has 0 aliphatic heterocycles. The van der Waals surface area contributed by atoms with Crippen molar-refractivity contribution in [1.82, 2.24) is 4.98 Å². The molecule has 1 saturated carbocycles. The molecule has 1 N–H and O–H groups in total. The average molecular weight is 263 g/mol. The van der Waals surface area contributed by atoms with E-state index in [0.29, 0.717) is 11.8 Å². The Kier molecular flexibility index (Phi) is 4.46. The molecule has 1 aromatic rings. The van der Waals surface area contributed by atoms with Crippen LogP contribution in [0.15, 0.2) is 12.1 Å². The van der Waals surface area contributed by atoms with Gasteiger partial charge in [0.15, 0.2) is 0 Å². The Bertz CT molecular complexity index is 417. The van der Waals surface area contributed by atoms with Crippen molar-refractivity contribution in [2.24, 2.45) is 5.92 Å². The van der Waals surface area contributed by atoms with E-state index in [2.05, 4.69) is 25.8 Å². The van der Waals surface area contributed by atoms with Gasteiger partial charge in [-0.05, 0) is 30.4 Å². The van der Waals surface area contributed by atoms with Crippen LogP contribution in [-0.2, 0) is 12.0 Å². The average Bonchev–Trinajstić information content (AvgIpc) is 2.88. The molecule has 1 aromatic heterocycles. The molecule has 19 heavy (non-hydrogen) atoms. The predicted octanol–water partition coefficient (Wildman–Crippen LogP) is 3.44. The molecule has 3 heteroatoms. The summed E-state index contributed by atoms with van der Waals surface area (Å²) in [6.07, 6.45) is 5.19. The second-order valence-corrected chi connectivity index (χ2v) is 6.57. The van der Waals surface area contributed by atoms with Crippen LogP contribution in [0.5, 0.6) is 5.88 Å². The van der Waals surface area contributed by atoms with Crippen molar-refractivity contribution in [3.63, 3.8) is 0 Å². The number of nitrogens with zero attached hydrogens (tertiary/aromatic N) is 1. The number of pyridine rings is 1. The molecule has 1 fully saturated rings. The highest BCUT2D eigenvalue weighted by Gasteiger charge is 2.19. The van der Waals surface area contributed by atoms with E-state index >= 15 is 0 Å². The van der Waals surface area contributed by atoms with Crippen molar-refractivity contribution in [3.8, 4) is 5.88 Å². The summed E-state index contributed by atoms with van der Waals surface area (Å²) < 4.78 is 5.85. The minimum absolute atomic E-state index is 0.0311. The molecule has 1 aliphatic rings. The topological polar surface area (TPSA) is 42.4 Å². The number of hydrogen-bond donors (Lipinski definition) is 1. The number of aliphatic hydroxyl groups excluding tert-OH is 1. The molecule has 1 heterocycles. The molecular formula is C16H25NO2. The van der Waals surface area contributed by atoms with E-state index in [-0.39, 0.29) is 12.0 Å². The molecule has 0 spiro atoms. The summed E-state index contributed by atoms with van der Waals surface area (Å²) in [6, 6.07) is 3.81. The fraction of sp³-hybridized carbons (Fsp3) is 0.688. The van der Waals surface area contributed by atoms with Crippen LogP contribution < -0.4 is 4.74 Å². The summed E-state index contributed by atoms with van der Waals surface area (Å²) in [5.74, 6) is 1.33. The summed E-state index contributed by atoms with van der Waals surface area (Å²) in [7, 11) is 0. The third kappa shape index (κ3) is 3.93. The smallest absolute Gasteiger partial charge is 0.213 e. The van der Waals surface area contributed by atoms with Gasteiger partial charge in [-0.3, -0.25) is 0 Å². The van der Waals surface area contributed by atoms with Crippen LogP contribution in [0.3, 0.4) is 0 Å². The summed E-state index contributed by atoms with van der Waals surface area (Å²) in [6.45, 7) is 7.16. The monoisotopic (exact) mass is 263 g/mol. The SMILES string of the molecule is CC(C)(C)c1cc(CO)cc(OCC2CCCC2)n1. The first-order chi connectivity index (χ1) is 8.99. The third-order valence-corrected chi connectivity index (χ3v) is 3.75. The van der Waals surface area contributed by atoms with Gasteiger partial charge in [0.05, 0.1) is 18.9 Å². The maximum absolute atomic E-state index is 9.35. The molecule has 3 nitrogen and oxygen atoms in total. The molecule has 0 atom stereocenters. The molecule has 0 radical (unpaired) electrons. The predicted molar refractivity (Wildman–Crippen MR) is 76.3 cm³/mol. The lowest BCUT2D eigenvalue weighted by Crippen LogP contribution is -2.16. The summed E-state index contributed by atoms with van der Waals surface area (Å²) in [5, 5.41) is 9.35. The molecule has 2 rings (SSSR count). The molecule has 0 amide bonds. The van der Waals surface area contributed by atoms with Gasteiger partial charge in [-0.1, -0.05) is 33.6 Å². The van der Waals surface area contributed by atoms with Gasteiger partial charge in [-0.15, -0.1) is 0 Å². The molecule has 0 saturated heterocycles. The molecule has 0 aromatic carbocycles. The summed E-state index contributed by atoms with van der Waals surface area (Å²) in [5.41, 5.74) is 1.82. The van der Waals surface area contributed by atoms with E-state index in [1.807, 2.05) is 12.1 Å². The normalized spacial score (nSPS) is 16.8. The van der Waals surface area contributed by atoms with E-state index in [1.165, 1.54) is 25.7 Å². The summed E-state index contributed by atoms with van der Waals surface area (Å²) >= 11 is 0. The molecular weight excluding hydrogens is 238 g/mol. The first-order valence-corrected chi connectivity index (χ1v) is 7.24. The Morgan fingerprint density at radius 3 is 2.53 bits per heavy atom. The van der Waals surface area contributed by atoms with E-state index in [0.717, 1.165) is 17.9 Å². The fourth-order valence-corrected chi connectivity index (χ4v) is 2.49. The van der Waals surface area contributed by atoms with Crippen molar-refractivity contribution in [2.45, 2.75) is 58.5 Å². The van der Waals surface area contributed by atoms with Gasteiger partial charge >= 0.3 is 0 Å². The maximum atomic E-state index is 9.35. The van der Waals surface area contributed by atoms with Gasteiger partial charge in [0.2, 0.25) is 5.88 Å². The molecule has 106 valence electrons. The Morgan fingerprint density at radius 2 is 1.95 bits per heavy atom. The van der Waals surface area contributed by atoms with Gasteiger partial charge in [0, 0.05) is 11.5 Å².